The van der Waals surface area contributed by atoms with E-state index in [9.17, 15) is 4.39 Å². The molecule has 0 aliphatic rings. The van der Waals surface area contributed by atoms with Crippen LogP contribution in [0.2, 0.25) is 0 Å². The van der Waals surface area contributed by atoms with E-state index >= 15 is 0 Å². The molecule has 0 aliphatic carbocycles. The number of anilines is 1. The van der Waals surface area contributed by atoms with E-state index in [2.05, 4.69) is 15.3 Å². The number of nitrogens with one attached hydrogen (secondary N) is 2. The molecule has 0 amide bonds. The summed E-state index contributed by atoms with van der Waals surface area (Å²) in [4.78, 5) is 7.23. The molecule has 0 spiro atoms. The van der Waals surface area contributed by atoms with E-state index in [1.54, 1.807) is 25.3 Å². The van der Waals surface area contributed by atoms with Crippen molar-refractivity contribution in [3.05, 3.63) is 47.3 Å². The van der Waals surface area contributed by atoms with E-state index < -0.39 is 0 Å². The van der Waals surface area contributed by atoms with Crippen molar-refractivity contribution in [3.63, 3.8) is 0 Å². The summed E-state index contributed by atoms with van der Waals surface area (Å²) in [7, 11) is 0. The number of nitrogens with zero attached hydrogens (tertiary/aromatic N) is 1. The third kappa shape index (κ3) is 2.39. The molecule has 2 aromatic rings. The van der Waals surface area contributed by atoms with Gasteiger partial charge >= 0.3 is 0 Å². The van der Waals surface area contributed by atoms with Crippen molar-refractivity contribution in [2.75, 3.05) is 5.32 Å². The summed E-state index contributed by atoms with van der Waals surface area (Å²) in [5.41, 5.74) is 2.57. The van der Waals surface area contributed by atoms with Gasteiger partial charge in [0, 0.05) is 5.69 Å². The molecule has 0 bridgehead atoms. The Morgan fingerprint density at radius 1 is 1.38 bits per heavy atom. The topological polar surface area (TPSA) is 40.7 Å². The van der Waals surface area contributed by atoms with Crippen LogP contribution in [0.15, 0.2) is 24.4 Å². The average Bonchev–Trinajstić information content (AvgIpc) is 2.66. The maximum atomic E-state index is 13.0. The Balaban J connectivity index is 2.02. The summed E-state index contributed by atoms with van der Waals surface area (Å²) in [5, 5.41) is 3.20. The smallest absolute Gasteiger partial charge is 0.126 e. The van der Waals surface area contributed by atoms with Gasteiger partial charge in [-0.15, -0.1) is 0 Å². The third-order valence-corrected chi connectivity index (χ3v) is 2.40. The van der Waals surface area contributed by atoms with Gasteiger partial charge < -0.3 is 10.3 Å². The van der Waals surface area contributed by atoms with Gasteiger partial charge in [0.2, 0.25) is 0 Å². The molecular weight excluding hydrogens is 205 g/mol. The zero-order valence-corrected chi connectivity index (χ0v) is 9.34. The van der Waals surface area contributed by atoms with E-state index in [1.165, 1.54) is 6.07 Å². The summed E-state index contributed by atoms with van der Waals surface area (Å²) in [6, 6.07) is 4.99. The fraction of sp³-hybridized carbons (Fsp3) is 0.250. The molecule has 1 heterocycles. The summed E-state index contributed by atoms with van der Waals surface area (Å²) in [6.07, 6.45) is 1.79. The number of halogens is 1. The van der Waals surface area contributed by atoms with Gasteiger partial charge in [0.25, 0.3) is 0 Å². The van der Waals surface area contributed by atoms with Crippen LogP contribution in [0, 0.1) is 19.7 Å². The summed E-state index contributed by atoms with van der Waals surface area (Å²) < 4.78 is 13.0. The Morgan fingerprint density at radius 3 is 2.81 bits per heavy atom. The lowest BCUT2D eigenvalue weighted by molar-refractivity contribution is 0.618. The number of imidazole rings is 1. The first-order valence-electron chi connectivity index (χ1n) is 5.15. The first-order chi connectivity index (χ1) is 7.65. The number of benzene rings is 1. The number of aromatic nitrogens is 2. The van der Waals surface area contributed by atoms with Gasteiger partial charge in [-0.2, -0.15) is 0 Å². The minimum atomic E-state index is -0.178. The van der Waals surface area contributed by atoms with Crippen molar-refractivity contribution < 1.29 is 4.39 Å². The molecule has 16 heavy (non-hydrogen) atoms. The van der Waals surface area contributed by atoms with Gasteiger partial charge in [0.1, 0.15) is 11.6 Å². The Bertz CT molecular complexity index is 491. The molecule has 0 aliphatic heterocycles. The van der Waals surface area contributed by atoms with Crippen LogP contribution in [0.25, 0.3) is 0 Å². The fourth-order valence-electron chi connectivity index (χ4n) is 1.51. The van der Waals surface area contributed by atoms with Crippen molar-refractivity contribution >= 4 is 5.69 Å². The van der Waals surface area contributed by atoms with Crippen LogP contribution < -0.4 is 5.32 Å². The largest absolute Gasteiger partial charge is 0.379 e. The number of aromatic amines is 1. The van der Waals surface area contributed by atoms with Gasteiger partial charge in [0.05, 0.1) is 18.4 Å². The van der Waals surface area contributed by atoms with Gasteiger partial charge in [-0.05, 0) is 37.6 Å². The molecule has 0 saturated carbocycles. The normalized spacial score (nSPS) is 10.4. The number of hydrogen-bond donors (Lipinski definition) is 2. The summed E-state index contributed by atoms with van der Waals surface area (Å²) in [5.74, 6) is 0.718. The lowest BCUT2D eigenvalue weighted by atomic mass is 10.2. The van der Waals surface area contributed by atoms with Crippen LogP contribution in [0.3, 0.4) is 0 Å². The zero-order valence-electron chi connectivity index (χ0n) is 9.34. The molecule has 2 N–H and O–H groups in total. The van der Waals surface area contributed by atoms with Crippen LogP contribution in [-0.4, -0.2) is 9.97 Å². The highest BCUT2D eigenvalue weighted by Gasteiger charge is 2.00. The highest BCUT2D eigenvalue weighted by atomic mass is 19.1. The molecule has 0 unspecified atom stereocenters. The molecule has 0 radical (unpaired) electrons. The Labute approximate surface area is 93.7 Å². The summed E-state index contributed by atoms with van der Waals surface area (Å²) in [6.45, 7) is 4.32. The highest BCUT2D eigenvalue weighted by molar-refractivity contribution is 5.46. The minimum Gasteiger partial charge on any atom is -0.379 e. The fourth-order valence-corrected chi connectivity index (χ4v) is 1.51. The lowest BCUT2D eigenvalue weighted by Gasteiger charge is -2.06. The molecule has 0 saturated heterocycles. The van der Waals surface area contributed by atoms with Gasteiger partial charge in [0.15, 0.2) is 0 Å². The first-order valence-corrected chi connectivity index (χ1v) is 5.15. The van der Waals surface area contributed by atoms with E-state index in [0.717, 1.165) is 17.2 Å². The molecule has 3 nitrogen and oxygen atoms in total. The van der Waals surface area contributed by atoms with E-state index in [4.69, 9.17) is 0 Å². The predicted octanol–water partition coefficient (Wildman–Crippen LogP) is 2.78. The average molecular weight is 219 g/mol. The van der Waals surface area contributed by atoms with E-state index in [-0.39, 0.29) is 5.82 Å². The number of rotatable bonds is 3. The molecule has 0 fully saturated rings. The second-order valence-electron chi connectivity index (χ2n) is 3.81. The quantitative estimate of drug-likeness (QED) is 0.833. The molecule has 84 valence electrons. The van der Waals surface area contributed by atoms with Crippen LogP contribution in [0.5, 0.6) is 0 Å². The number of H-pyrrole nitrogens is 1. The Morgan fingerprint density at radius 2 is 2.19 bits per heavy atom. The van der Waals surface area contributed by atoms with Crippen LogP contribution in [0.4, 0.5) is 10.1 Å². The Hall–Kier alpha value is -1.84. The second-order valence-corrected chi connectivity index (χ2v) is 3.81. The van der Waals surface area contributed by atoms with E-state index in [1.807, 2.05) is 6.92 Å². The van der Waals surface area contributed by atoms with Crippen molar-refractivity contribution in [2.24, 2.45) is 0 Å². The SMILES string of the molecule is Cc1ncc(CNc2ccc(F)c(C)c2)[nH]1. The molecule has 2 rings (SSSR count). The molecule has 1 aromatic carbocycles. The minimum absolute atomic E-state index is 0.178. The molecule has 1 aromatic heterocycles. The standard InChI is InChI=1S/C12H14FN3/c1-8-5-10(3-4-12(8)13)15-7-11-6-14-9(2)16-11/h3-6,15H,7H2,1-2H3,(H,14,16). The monoisotopic (exact) mass is 219 g/mol. The Kier molecular flexibility index (Phi) is 2.90. The van der Waals surface area contributed by atoms with Crippen molar-refractivity contribution in [1.82, 2.24) is 9.97 Å². The lowest BCUT2D eigenvalue weighted by Crippen LogP contribution is -2.00. The maximum Gasteiger partial charge on any atom is 0.126 e. The van der Waals surface area contributed by atoms with Gasteiger partial charge in [-0.1, -0.05) is 0 Å². The maximum absolute atomic E-state index is 13.0. The molecule has 4 heteroatoms. The van der Waals surface area contributed by atoms with Crippen LogP contribution in [-0.2, 0) is 6.54 Å². The number of aryl methyl sites for hydroxylation is 2. The van der Waals surface area contributed by atoms with Crippen LogP contribution in [0.1, 0.15) is 17.1 Å². The third-order valence-electron chi connectivity index (χ3n) is 2.40. The van der Waals surface area contributed by atoms with Gasteiger partial charge in [-0.3, -0.25) is 0 Å². The molecular formula is C12H14FN3. The van der Waals surface area contributed by atoms with Crippen molar-refractivity contribution in [1.29, 1.82) is 0 Å². The second kappa shape index (κ2) is 4.35. The highest BCUT2D eigenvalue weighted by Crippen LogP contribution is 2.14. The number of hydrogen-bond acceptors (Lipinski definition) is 2. The summed E-state index contributed by atoms with van der Waals surface area (Å²) >= 11 is 0. The van der Waals surface area contributed by atoms with Crippen molar-refractivity contribution in [3.8, 4) is 0 Å². The predicted molar refractivity (Wildman–Crippen MR) is 61.8 cm³/mol. The van der Waals surface area contributed by atoms with Crippen LogP contribution >= 0.6 is 0 Å². The van der Waals surface area contributed by atoms with Gasteiger partial charge in [-0.25, -0.2) is 9.37 Å². The zero-order chi connectivity index (χ0) is 11.5. The first kappa shape index (κ1) is 10.7. The van der Waals surface area contributed by atoms with E-state index in [0.29, 0.717) is 12.1 Å². The molecule has 0 atom stereocenters. The van der Waals surface area contributed by atoms with Crippen molar-refractivity contribution in [2.45, 2.75) is 20.4 Å².